The highest BCUT2D eigenvalue weighted by atomic mass is 32.2. The second-order valence-electron chi connectivity index (χ2n) is 8.52. The molecule has 2 amide bonds. The van der Waals surface area contributed by atoms with Gasteiger partial charge in [-0.25, -0.2) is 4.21 Å². The summed E-state index contributed by atoms with van der Waals surface area (Å²) < 4.78 is 26.0. The SMILES string of the molecule is COC(=O)CS(=O)(CC(O)OC)=NC(=O)c1cncc(C#Cc2cccc(NC(=O)C(C)C(C)/C=C\O)c2)c1. The average molecular weight is 558 g/mol. The molecule has 12 heteroatoms. The molecule has 0 aliphatic rings. The van der Waals surface area contributed by atoms with Crippen molar-refractivity contribution in [2.75, 3.05) is 31.0 Å². The average Bonchev–Trinajstić information content (AvgIpc) is 2.91. The number of allylic oxidation sites excluding steroid dienone is 1. The topological polar surface area (TPSA) is 164 Å². The van der Waals surface area contributed by atoms with E-state index >= 15 is 0 Å². The number of aliphatic hydroxyl groups excluding tert-OH is 2. The van der Waals surface area contributed by atoms with E-state index in [4.69, 9.17) is 9.84 Å². The number of ether oxygens (including phenoxy) is 2. The van der Waals surface area contributed by atoms with Crippen LogP contribution in [0.5, 0.6) is 0 Å². The molecule has 2 rings (SSSR count). The van der Waals surface area contributed by atoms with Gasteiger partial charge in [0, 0.05) is 42.2 Å². The fourth-order valence-electron chi connectivity index (χ4n) is 3.11. The van der Waals surface area contributed by atoms with Crippen LogP contribution in [0.25, 0.3) is 0 Å². The zero-order valence-electron chi connectivity index (χ0n) is 22.0. The van der Waals surface area contributed by atoms with E-state index in [1.807, 2.05) is 6.92 Å². The summed E-state index contributed by atoms with van der Waals surface area (Å²) >= 11 is 0. The van der Waals surface area contributed by atoms with Crippen LogP contribution in [-0.2, 0) is 28.8 Å². The number of aromatic nitrogens is 1. The number of carbonyl (C=O) groups is 3. The van der Waals surface area contributed by atoms with Gasteiger partial charge in [0.2, 0.25) is 5.91 Å². The van der Waals surface area contributed by atoms with Crippen molar-refractivity contribution in [2.45, 2.75) is 20.1 Å². The standard InChI is InChI=1S/C27H31N3O8S/c1-18(10-11-31)19(2)26(34)29-23-7-5-6-20(13-23)8-9-21-12-22(15-28-14-21)27(35)30-39(36,16-24(32)37-3)17-25(33)38-4/h5-7,10-15,18-19,24,31-32H,16-17H2,1-4H3,(H,29,34)/b11-10-. The Morgan fingerprint density at radius 3 is 2.54 bits per heavy atom. The summed E-state index contributed by atoms with van der Waals surface area (Å²) in [5.41, 5.74) is 1.46. The zero-order chi connectivity index (χ0) is 29.0. The number of pyridine rings is 1. The molecule has 3 N–H and O–H groups in total. The number of benzene rings is 1. The van der Waals surface area contributed by atoms with Crippen LogP contribution in [0.4, 0.5) is 5.69 Å². The Morgan fingerprint density at radius 2 is 1.87 bits per heavy atom. The monoisotopic (exact) mass is 557 g/mol. The Kier molecular flexibility index (Phi) is 11.8. The number of carbonyl (C=O) groups excluding carboxylic acids is 3. The van der Waals surface area contributed by atoms with Crippen molar-refractivity contribution in [2.24, 2.45) is 16.2 Å². The molecule has 1 aromatic heterocycles. The molecule has 39 heavy (non-hydrogen) atoms. The van der Waals surface area contributed by atoms with E-state index in [-0.39, 0.29) is 23.3 Å². The van der Waals surface area contributed by atoms with Gasteiger partial charge in [0.25, 0.3) is 5.91 Å². The lowest BCUT2D eigenvalue weighted by atomic mass is 9.95. The van der Waals surface area contributed by atoms with Gasteiger partial charge in [0.1, 0.15) is 5.75 Å². The zero-order valence-corrected chi connectivity index (χ0v) is 22.8. The van der Waals surface area contributed by atoms with E-state index in [0.29, 0.717) is 16.8 Å². The van der Waals surface area contributed by atoms with Gasteiger partial charge in [-0.2, -0.15) is 4.36 Å². The van der Waals surface area contributed by atoms with Crippen molar-refractivity contribution in [3.8, 4) is 11.8 Å². The van der Waals surface area contributed by atoms with Gasteiger partial charge < -0.3 is 25.0 Å². The van der Waals surface area contributed by atoms with Crippen molar-refractivity contribution >= 4 is 33.2 Å². The maximum absolute atomic E-state index is 13.1. The summed E-state index contributed by atoms with van der Waals surface area (Å²) in [6, 6.07) is 8.27. The van der Waals surface area contributed by atoms with Gasteiger partial charge in [-0.3, -0.25) is 19.4 Å². The van der Waals surface area contributed by atoms with Crippen LogP contribution in [-0.4, -0.2) is 69.2 Å². The Hall–Kier alpha value is -4.05. The number of amides is 2. The maximum Gasteiger partial charge on any atom is 0.319 e. The van der Waals surface area contributed by atoms with Gasteiger partial charge in [0.05, 0.1) is 34.4 Å². The lowest BCUT2D eigenvalue weighted by Crippen LogP contribution is -2.28. The molecule has 0 spiro atoms. The molecular formula is C27H31N3O8S. The van der Waals surface area contributed by atoms with Crippen molar-refractivity contribution in [3.05, 3.63) is 71.8 Å². The first kappa shape index (κ1) is 31.2. The molecule has 0 saturated carbocycles. The number of aliphatic hydroxyl groups is 2. The smallest absolute Gasteiger partial charge is 0.319 e. The number of nitrogens with one attached hydrogen (secondary N) is 1. The Morgan fingerprint density at radius 1 is 1.15 bits per heavy atom. The van der Waals surface area contributed by atoms with E-state index < -0.39 is 39.4 Å². The van der Waals surface area contributed by atoms with E-state index in [1.54, 1.807) is 31.2 Å². The number of esters is 1. The minimum absolute atomic E-state index is 0.0210. The largest absolute Gasteiger partial charge is 0.516 e. The van der Waals surface area contributed by atoms with Crippen LogP contribution >= 0.6 is 0 Å². The fraction of sp³-hybridized carbons (Fsp3) is 0.333. The van der Waals surface area contributed by atoms with Crippen molar-refractivity contribution in [1.29, 1.82) is 0 Å². The predicted octanol–water partition coefficient (Wildman–Crippen LogP) is 2.51. The first-order valence-corrected chi connectivity index (χ1v) is 13.6. The van der Waals surface area contributed by atoms with E-state index in [1.165, 1.54) is 31.6 Å². The van der Waals surface area contributed by atoms with Crippen LogP contribution in [0.15, 0.2) is 59.4 Å². The molecule has 0 aliphatic carbocycles. The molecule has 4 unspecified atom stereocenters. The number of nitrogens with zero attached hydrogens (tertiary/aromatic N) is 2. The second-order valence-corrected chi connectivity index (χ2v) is 10.9. The molecule has 0 radical (unpaired) electrons. The summed E-state index contributed by atoms with van der Waals surface area (Å²) in [6.07, 6.45) is 3.59. The first-order chi connectivity index (χ1) is 18.5. The lowest BCUT2D eigenvalue weighted by molar-refractivity contribution is -0.137. The molecule has 0 bridgehead atoms. The van der Waals surface area contributed by atoms with Crippen molar-refractivity contribution in [1.82, 2.24) is 4.98 Å². The van der Waals surface area contributed by atoms with Crippen molar-refractivity contribution in [3.63, 3.8) is 0 Å². The Labute approximate surface area is 227 Å². The van der Waals surface area contributed by atoms with Gasteiger partial charge >= 0.3 is 5.97 Å². The Balaban J connectivity index is 2.26. The summed E-state index contributed by atoms with van der Waals surface area (Å²) in [7, 11) is -1.27. The molecule has 1 heterocycles. The number of hydrogen-bond acceptors (Lipinski definition) is 9. The molecule has 0 aliphatic heterocycles. The summed E-state index contributed by atoms with van der Waals surface area (Å²) in [4.78, 5) is 40.9. The van der Waals surface area contributed by atoms with Gasteiger partial charge in [-0.05, 0) is 36.3 Å². The van der Waals surface area contributed by atoms with Crippen LogP contribution in [0.1, 0.15) is 35.3 Å². The molecular weight excluding hydrogens is 526 g/mol. The third kappa shape index (κ3) is 9.97. The van der Waals surface area contributed by atoms with Gasteiger partial charge in [-0.1, -0.05) is 31.8 Å². The highest BCUT2D eigenvalue weighted by molar-refractivity contribution is 7.94. The van der Waals surface area contributed by atoms with Crippen LogP contribution < -0.4 is 5.32 Å². The molecule has 1 aromatic carbocycles. The number of anilines is 1. The normalized spacial score (nSPS) is 14.7. The number of rotatable bonds is 10. The Bertz CT molecular complexity index is 1400. The van der Waals surface area contributed by atoms with Gasteiger partial charge in [-0.15, -0.1) is 0 Å². The summed E-state index contributed by atoms with van der Waals surface area (Å²) in [5.74, 6) is 2.02. The van der Waals surface area contributed by atoms with Crippen LogP contribution in [0.3, 0.4) is 0 Å². The second kappa shape index (κ2) is 14.8. The third-order valence-electron chi connectivity index (χ3n) is 5.55. The molecule has 208 valence electrons. The third-order valence-corrected chi connectivity index (χ3v) is 7.55. The summed E-state index contributed by atoms with van der Waals surface area (Å²) in [6.45, 7) is 3.57. The molecule has 0 fully saturated rings. The van der Waals surface area contributed by atoms with Crippen LogP contribution in [0.2, 0.25) is 0 Å². The minimum atomic E-state index is -3.55. The highest BCUT2D eigenvalue weighted by Gasteiger charge is 2.23. The van der Waals surface area contributed by atoms with Crippen LogP contribution in [0, 0.1) is 23.7 Å². The summed E-state index contributed by atoms with van der Waals surface area (Å²) in [5, 5.41) is 21.5. The molecule has 11 nitrogen and oxygen atoms in total. The minimum Gasteiger partial charge on any atom is -0.516 e. The predicted molar refractivity (Wildman–Crippen MR) is 145 cm³/mol. The first-order valence-electron chi connectivity index (χ1n) is 11.7. The van der Waals surface area contributed by atoms with E-state index in [0.717, 1.165) is 13.4 Å². The number of methoxy groups -OCH3 is 2. The highest BCUT2D eigenvalue weighted by Crippen LogP contribution is 2.17. The van der Waals surface area contributed by atoms with E-state index in [2.05, 4.69) is 31.2 Å². The van der Waals surface area contributed by atoms with Crippen molar-refractivity contribution < 1.29 is 38.3 Å². The number of hydrogen-bond donors (Lipinski definition) is 3. The lowest BCUT2D eigenvalue weighted by Gasteiger charge is -2.16. The molecule has 0 saturated heterocycles. The fourth-order valence-corrected chi connectivity index (χ4v) is 4.84. The molecule has 2 aromatic rings. The molecule has 4 atom stereocenters. The maximum atomic E-state index is 13.1. The van der Waals surface area contributed by atoms with Gasteiger partial charge in [0.15, 0.2) is 6.29 Å². The quantitative estimate of drug-likeness (QED) is 0.172. The van der Waals surface area contributed by atoms with E-state index in [9.17, 15) is 23.7 Å².